The number of carbonyl (C=O) groups excluding carboxylic acids is 3. The van der Waals surface area contributed by atoms with Crippen molar-refractivity contribution in [1.82, 2.24) is 4.72 Å². The minimum Gasteiger partial charge on any atom is -0.508 e. The number of aryl methyl sites for hydroxylation is 1. The van der Waals surface area contributed by atoms with Crippen LogP contribution in [0.25, 0.3) is 0 Å². The molecule has 0 radical (unpaired) electrons. The Labute approximate surface area is 202 Å². The molecule has 1 aromatic rings. The van der Waals surface area contributed by atoms with Crippen molar-refractivity contribution >= 4 is 27.5 Å². The van der Waals surface area contributed by atoms with Crippen LogP contribution in [-0.4, -0.2) is 71.3 Å². The molecule has 0 saturated heterocycles. The minimum atomic E-state index is -3.35. The molecule has 1 aromatic carbocycles. The van der Waals surface area contributed by atoms with E-state index in [-0.39, 0.29) is 42.7 Å². The van der Waals surface area contributed by atoms with Crippen LogP contribution in [0.1, 0.15) is 47.2 Å². The first-order chi connectivity index (χ1) is 16.3. The van der Waals surface area contributed by atoms with Crippen LogP contribution in [0.15, 0.2) is 23.5 Å². The SMILES string of the molecule is CS(=O)(=O)NCCCc1ccc(O)c2c1C[C@H]1C[C@@H](CCO)[C@@](O)(C(=O)CC(N)=O)C(O)=C1C2=O. The zero-order valence-electron chi connectivity index (χ0n) is 19.3. The quantitative estimate of drug-likeness (QED) is 0.179. The number of aromatic hydroxyl groups is 1. The standard InChI is InChI=1S/C23H30N2O9S/c1-35(33,34)25-7-2-3-12-4-5-16(27)20-15(12)10-13-9-14(6-8-26)23(32,17(28)11-18(24)29)22(31)19(13)21(20)30/h4-5,13-14,25-27,31-32H,2-3,6-11H2,1H3,(H2,24,29)/t13-,14-,23-/m1/s1. The van der Waals surface area contributed by atoms with Gasteiger partial charge in [0, 0.05) is 24.6 Å². The average Bonchev–Trinajstić information content (AvgIpc) is 2.74. The van der Waals surface area contributed by atoms with Crippen LogP contribution >= 0.6 is 0 Å². The van der Waals surface area contributed by atoms with Crippen molar-refractivity contribution in [3.8, 4) is 5.75 Å². The number of rotatable bonds is 10. The van der Waals surface area contributed by atoms with Gasteiger partial charge in [-0.2, -0.15) is 0 Å². The van der Waals surface area contributed by atoms with Crippen LogP contribution in [0.4, 0.5) is 0 Å². The van der Waals surface area contributed by atoms with Crippen LogP contribution in [0.3, 0.4) is 0 Å². The predicted octanol–water partition coefficient (Wildman–Crippen LogP) is -0.381. The number of nitrogens with one attached hydrogen (secondary N) is 1. The van der Waals surface area contributed by atoms with E-state index < -0.39 is 63.7 Å². The molecule has 2 aliphatic rings. The smallest absolute Gasteiger partial charge is 0.225 e. The number of phenols is 1. The second kappa shape index (κ2) is 10.1. The average molecular weight is 511 g/mol. The topological polar surface area (TPSA) is 204 Å². The van der Waals surface area contributed by atoms with E-state index >= 15 is 0 Å². The van der Waals surface area contributed by atoms with Crippen molar-refractivity contribution in [3.63, 3.8) is 0 Å². The summed E-state index contributed by atoms with van der Waals surface area (Å²) >= 11 is 0. The molecule has 0 heterocycles. The highest BCUT2D eigenvalue weighted by Crippen LogP contribution is 2.49. The first kappa shape index (κ1) is 26.8. The fraction of sp³-hybridized carbons (Fsp3) is 0.522. The summed E-state index contributed by atoms with van der Waals surface area (Å²) in [5.41, 5.74) is 3.54. The Balaban J connectivity index is 2.03. The number of aliphatic hydroxyl groups excluding tert-OH is 2. The molecule has 3 rings (SSSR count). The molecule has 7 N–H and O–H groups in total. The molecule has 0 bridgehead atoms. The summed E-state index contributed by atoms with van der Waals surface area (Å²) < 4.78 is 25.0. The van der Waals surface area contributed by atoms with Crippen molar-refractivity contribution in [3.05, 3.63) is 40.2 Å². The molecule has 0 aromatic heterocycles. The molecule has 1 amide bonds. The van der Waals surface area contributed by atoms with Gasteiger partial charge in [0.2, 0.25) is 15.9 Å². The Bertz CT molecular complexity index is 1190. The molecular weight excluding hydrogens is 480 g/mol. The van der Waals surface area contributed by atoms with Crippen LogP contribution in [0, 0.1) is 11.8 Å². The van der Waals surface area contributed by atoms with Crippen molar-refractivity contribution in [1.29, 1.82) is 0 Å². The lowest BCUT2D eigenvalue weighted by atomic mass is 9.62. The Kier molecular flexibility index (Phi) is 7.70. The van der Waals surface area contributed by atoms with Gasteiger partial charge in [-0.15, -0.1) is 0 Å². The third kappa shape index (κ3) is 5.25. The molecular formula is C23H30N2O9S. The third-order valence-corrected chi connectivity index (χ3v) is 7.45. The van der Waals surface area contributed by atoms with E-state index in [4.69, 9.17) is 5.73 Å². The minimum absolute atomic E-state index is 0.0540. The first-order valence-electron chi connectivity index (χ1n) is 11.2. The number of allylic oxidation sites excluding steroid dienone is 1. The number of benzene rings is 1. The Morgan fingerprint density at radius 2 is 1.94 bits per heavy atom. The molecule has 0 spiro atoms. The normalized spacial score (nSPS) is 24.1. The lowest BCUT2D eigenvalue weighted by Gasteiger charge is -2.43. The number of amides is 1. The second-order valence-corrected chi connectivity index (χ2v) is 11.0. The summed E-state index contributed by atoms with van der Waals surface area (Å²) in [6.45, 7) is -0.221. The summed E-state index contributed by atoms with van der Waals surface area (Å²) in [6.07, 6.45) is 1.25. The molecule has 11 nitrogen and oxygen atoms in total. The number of hydrogen-bond acceptors (Lipinski definition) is 9. The largest absolute Gasteiger partial charge is 0.508 e. The molecule has 35 heavy (non-hydrogen) atoms. The maximum absolute atomic E-state index is 13.5. The van der Waals surface area contributed by atoms with Gasteiger partial charge >= 0.3 is 0 Å². The molecule has 0 fully saturated rings. The summed E-state index contributed by atoms with van der Waals surface area (Å²) in [5.74, 6) is -5.61. The first-order valence-corrected chi connectivity index (χ1v) is 13.1. The van der Waals surface area contributed by atoms with E-state index in [1.54, 1.807) is 6.07 Å². The highest BCUT2D eigenvalue weighted by atomic mass is 32.2. The van der Waals surface area contributed by atoms with Gasteiger partial charge < -0.3 is 26.2 Å². The summed E-state index contributed by atoms with van der Waals surface area (Å²) in [6, 6.07) is 2.98. The monoisotopic (exact) mass is 510 g/mol. The molecule has 0 unspecified atom stereocenters. The number of hydrogen-bond donors (Lipinski definition) is 6. The van der Waals surface area contributed by atoms with Crippen molar-refractivity contribution in [2.75, 3.05) is 19.4 Å². The molecule has 3 atom stereocenters. The second-order valence-electron chi connectivity index (χ2n) is 9.14. The van der Waals surface area contributed by atoms with Crippen molar-refractivity contribution in [2.24, 2.45) is 17.6 Å². The van der Waals surface area contributed by atoms with E-state index in [2.05, 4.69) is 4.72 Å². The number of carbonyl (C=O) groups is 3. The summed E-state index contributed by atoms with van der Waals surface area (Å²) in [5, 5.41) is 42.2. The summed E-state index contributed by atoms with van der Waals surface area (Å²) in [7, 11) is -3.35. The Morgan fingerprint density at radius 1 is 1.26 bits per heavy atom. The Hall–Kier alpha value is -2.80. The molecule has 2 aliphatic carbocycles. The van der Waals surface area contributed by atoms with Crippen molar-refractivity contribution < 1.29 is 43.2 Å². The van der Waals surface area contributed by atoms with Gasteiger partial charge in [-0.3, -0.25) is 14.4 Å². The van der Waals surface area contributed by atoms with Gasteiger partial charge in [-0.05, 0) is 55.2 Å². The van der Waals surface area contributed by atoms with Gasteiger partial charge in [-0.1, -0.05) is 6.07 Å². The molecule has 0 aliphatic heterocycles. The third-order valence-electron chi connectivity index (χ3n) is 6.72. The number of primary amides is 1. The van der Waals surface area contributed by atoms with Gasteiger partial charge in [0.1, 0.15) is 11.5 Å². The molecule has 0 saturated carbocycles. The number of nitrogens with two attached hydrogens (primary N) is 1. The maximum atomic E-state index is 13.5. The lowest BCUT2D eigenvalue weighted by molar-refractivity contribution is -0.147. The van der Waals surface area contributed by atoms with Gasteiger partial charge in [0.15, 0.2) is 17.2 Å². The highest BCUT2D eigenvalue weighted by molar-refractivity contribution is 7.88. The van der Waals surface area contributed by atoms with Gasteiger partial charge in [0.05, 0.1) is 18.2 Å². The van der Waals surface area contributed by atoms with Crippen molar-refractivity contribution in [2.45, 2.75) is 44.1 Å². The van der Waals surface area contributed by atoms with Crippen LogP contribution in [-0.2, 0) is 32.5 Å². The van der Waals surface area contributed by atoms with Crippen LogP contribution in [0.2, 0.25) is 0 Å². The number of sulfonamides is 1. The number of Topliss-reactive ketones (excluding diaryl/α,β-unsaturated/α-hetero) is 2. The molecule has 12 heteroatoms. The summed E-state index contributed by atoms with van der Waals surface area (Å²) in [4.78, 5) is 37.5. The highest BCUT2D eigenvalue weighted by Gasteiger charge is 2.55. The number of ketones is 2. The van der Waals surface area contributed by atoms with E-state index in [1.807, 2.05) is 0 Å². The molecule has 192 valence electrons. The number of fused-ring (bicyclic) bond motifs is 2. The zero-order valence-corrected chi connectivity index (χ0v) is 20.1. The fourth-order valence-electron chi connectivity index (χ4n) is 5.15. The van der Waals surface area contributed by atoms with Gasteiger partial charge in [0.25, 0.3) is 0 Å². The fourth-order valence-corrected chi connectivity index (χ4v) is 5.67. The zero-order chi connectivity index (χ0) is 26.1. The van der Waals surface area contributed by atoms with Crippen LogP contribution < -0.4 is 10.5 Å². The van der Waals surface area contributed by atoms with Crippen LogP contribution in [0.5, 0.6) is 5.75 Å². The predicted molar refractivity (Wildman–Crippen MR) is 124 cm³/mol. The maximum Gasteiger partial charge on any atom is 0.225 e. The van der Waals surface area contributed by atoms with E-state index in [0.717, 1.165) is 11.8 Å². The Morgan fingerprint density at radius 3 is 2.54 bits per heavy atom. The van der Waals surface area contributed by atoms with E-state index in [0.29, 0.717) is 18.4 Å². The van der Waals surface area contributed by atoms with E-state index in [1.165, 1.54) is 6.07 Å². The van der Waals surface area contributed by atoms with Gasteiger partial charge in [-0.25, -0.2) is 13.1 Å². The number of aliphatic hydroxyl groups is 3. The lowest BCUT2D eigenvalue weighted by Crippen LogP contribution is -2.54. The van der Waals surface area contributed by atoms with E-state index in [9.17, 15) is 43.2 Å². The number of phenolic OH excluding ortho intramolecular Hbond substituents is 1.